The highest BCUT2D eigenvalue weighted by Crippen LogP contribution is 2.22. The van der Waals surface area contributed by atoms with Crippen LogP contribution in [0, 0.1) is 6.92 Å². The van der Waals surface area contributed by atoms with Gasteiger partial charge in [0, 0.05) is 24.6 Å². The SMILES string of the molecule is CC(=O)CC1CCCCCN1C(=O)c1ccccc1C. The summed E-state index contributed by atoms with van der Waals surface area (Å²) in [4.78, 5) is 26.2. The van der Waals surface area contributed by atoms with Crippen molar-refractivity contribution in [3.63, 3.8) is 0 Å². The zero-order valence-corrected chi connectivity index (χ0v) is 12.4. The minimum Gasteiger partial charge on any atom is -0.335 e. The van der Waals surface area contributed by atoms with Gasteiger partial charge in [-0.1, -0.05) is 31.0 Å². The molecule has 1 unspecified atom stereocenters. The minimum absolute atomic E-state index is 0.0714. The number of amides is 1. The molecule has 20 heavy (non-hydrogen) atoms. The van der Waals surface area contributed by atoms with Gasteiger partial charge >= 0.3 is 0 Å². The van der Waals surface area contributed by atoms with Gasteiger partial charge in [0.15, 0.2) is 0 Å². The summed E-state index contributed by atoms with van der Waals surface area (Å²) in [7, 11) is 0. The van der Waals surface area contributed by atoms with Crippen LogP contribution in [0.1, 0.15) is 54.9 Å². The fourth-order valence-corrected chi connectivity index (χ4v) is 2.96. The van der Waals surface area contributed by atoms with Crippen molar-refractivity contribution in [2.24, 2.45) is 0 Å². The molecular formula is C17H23NO2. The molecule has 0 bridgehead atoms. The molecule has 0 radical (unpaired) electrons. The zero-order chi connectivity index (χ0) is 14.5. The number of benzene rings is 1. The van der Waals surface area contributed by atoms with Gasteiger partial charge < -0.3 is 4.90 Å². The Morgan fingerprint density at radius 3 is 2.65 bits per heavy atom. The van der Waals surface area contributed by atoms with E-state index in [1.54, 1.807) is 6.92 Å². The van der Waals surface area contributed by atoms with E-state index >= 15 is 0 Å². The lowest BCUT2D eigenvalue weighted by Gasteiger charge is -2.30. The lowest BCUT2D eigenvalue weighted by molar-refractivity contribution is -0.118. The molecule has 1 atom stereocenters. The number of carbonyl (C=O) groups excluding carboxylic acids is 2. The average Bonchev–Trinajstić information content (AvgIpc) is 2.63. The van der Waals surface area contributed by atoms with Gasteiger partial charge in [0.1, 0.15) is 5.78 Å². The molecule has 3 nitrogen and oxygen atoms in total. The van der Waals surface area contributed by atoms with E-state index in [1.807, 2.05) is 36.1 Å². The number of Topliss-reactive ketones (excluding diaryl/α,β-unsaturated/α-hetero) is 1. The van der Waals surface area contributed by atoms with Crippen LogP contribution >= 0.6 is 0 Å². The number of rotatable bonds is 3. The summed E-state index contributed by atoms with van der Waals surface area (Å²) in [5.74, 6) is 0.246. The molecule has 1 heterocycles. The van der Waals surface area contributed by atoms with Gasteiger partial charge in [-0.05, 0) is 38.3 Å². The minimum atomic E-state index is 0.0714. The summed E-state index contributed by atoms with van der Waals surface area (Å²) >= 11 is 0. The predicted molar refractivity (Wildman–Crippen MR) is 79.8 cm³/mol. The quantitative estimate of drug-likeness (QED) is 0.847. The molecule has 1 aliphatic heterocycles. The number of likely N-dealkylation sites (tertiary alicyclic amines) is 1. The maximum absolute atomic E-state index is 12.8. The number of nitrogens with zero attached hydrogens (tertiary/aromatic N) is 1. The van der Waals surface area contributed by atoms with Crippen LogP contribution < -0.4 is 0 Å². The third-order valence-corrected chi connectivity index (χ3v) is 4.04. The van der Waals surface area contributed by atoms with Crippen molar-refractivity contribution in [2.75, 3.05) is 6.54 Å². The van der Waals surface area contributed by atoms with E-state index in [0.717, 1.165) is 43.4 Å². The van der Waals surface area contributed by atoms with Gasteiger partial charge in [-0.3, -0.25) is 9.59 Å². The van der Waals surface area contributed by atoms with Crippen molar-refractivity contribution in [3.8, 4) is 0 Å². The van der Waals surface area contributed by atoms with Gasteiger partial charge in [-0.25, -0.2) is 0 Å². The van der Waals surface area contributed by atoms with Crippen molar-refractivity contribution < 1.29 is 9.59 Å². The van der Waals surface area contributed by atoms with Gasteiger partial charge in [-0.2, -0.15) is 0 Å². The molecule has 1 fully saturated rings. The highest BCUT2D eigenvalue weighted by Gasteiger charge is 2.27. The summed E-state index contributed by atoms with van der Waals surface area (Å²) < 4.78 is 0. The van der Waals surface area contributed by atoms with Gasteiger partial charge in [0.25, 0.3) is 5.91 Å². The topological polar surface area (TPSA) is 37.4 Å². The molecule has 1 amide bonds. The van der Waals surface area contributed by atoms with E-state index < -0.39 is 0 Å². The molecule has 1 saturated heterocycles. The van der Waals surface area contributed by atoms with Crippen LogP contribution in [-0.2, 0) is 4.79 Å². The van der Waals surface area contributed by atoms with Crippen LogP contribution in [0.5, 0.6) is 0 Å². The van der Waals surface area contributed by atoms with Crippen LogP contribution in [0.2, 0.25) is 0 Å². The van der Waals surface area contributed by atoms with E-state index in [2.05, 4.69) is 0 Å². The Kier molecular flexibility index (Phi) is 4.94. The van der Waals surface area contributed by atoms with E-state index in [-0.39, 0.29) is 17.7 Å². The Morgan fingerprint density at radius 1 is 1.20 bits per heavy atom. The Morgan fingerprint density at radius 2 is 1.95 bits per heavy atom. The van der Waals surface area contributed by atoms with Crippen molar-refractivity contribution in [1.29, 1.82) is 0 Å². The molecule has 1 aromatic rings. The first-order chi connectivity index (χ1) is 9.59. The molecule has 1 aliphatic rings. The van der Waals surface area contributed by atoms with Crippen molar-refractivity contribution in [3.05, 3.63) is 35.4 Å². The monoisotopic (exact) mass is 273 g/mol. The summed E-state index contributed by atoms with van der Waals surface area (Å²) in [5, 5.41) is 0. The highest BCUT2D eigenvalue weighted by atomic mass is 16.2. The maximum Gasteiger partial charge on any atom is 0.254 e. The Balaban J connectivity index is 2.24. The van der Waals surface area contributed by atoms with Gasteiger partial charge in [0.05, 0.1) is 0 Å². The summed E-state index contributed by atoms with van der Waals surface area (Å²) in [6.07, 6.45) is 4.71. The second-order valence-electron chi connectivity index (χ2n) is 5.72. The number of hydrogen-bond acceptors (Lipinski definition) is 2. The Labute approximate surface area is 121 Å². The normalized spacial score (nSPS) is 19.5. The Bertz CT molecular complexity index is 496. The van der Waals surface area contributed by atoms with Crippen LogP contribution in [0.4, 0.5) is 0 Å². The van der Waals surface area contributed by atoms with Gasteiger partial charge in [-0.15, -0.1) is 0 Å². The molecule has 0 aliphatic carbocycles. The van der Waals surface area contributed by atoms with Crippen LogP contribution in [0.25, 0.3) is 0 Å². The van der Waals surface area contributed by atoms with E-state index in [4.69, 9.17) is 0 Å². The number of aryl methyl sites for hydroxylation is 1. The molecule has 1 aromatic carbocycles. The molecule has 108 valence electrons. The largest absolute Gasteiger partial charge is 0.335 e. The lowest BCUT2D eigenvalue weighted by atomic mass is 10.0. The molecular weight excluding hydrogens is 250 g/mol. The predicted octanol–water partition coefficient (Wildman–Crippen LogP) is 3.36. The van der Waals surface area contributed by atoms with Crippen molar-refractivity contribution >= 4 is 11.7 Å². The molecule has 3 heteroatoms. The molecule has 0 saturated carbocycles. The summed E-state index contributed by atoms with van der Waals surface area (Å²) in [6.45, 7) is 4.34. The second-order valence-corrected chi connectivity index (χ2v) is 5.72. The van der Waals surface area contributed by atoms with Crippen LogP contribution in [0.3, 0.4) is 0 Å². The van der Waals surface area contributed by atoms with Crippen molar-refractivity contribution in [2.45, 2.75) is 52.0 Å². The van der Waals surface area contributed by atoms with Crippen LogP contribution in [0.15, 0.2) is 24.3 Å². The van der Waals surface area contributed by atoms with E-state index in [0.29, 0.717) is 6.42 Å². The highest BCUT2D eigenvalue weighted by molar-refractivity contribution is 5.96. The first-order valence-electron chi connectivity index (χ1n) is 7.45. The number of carbonyl (C=O) groups is 2. The third kappa shape index (κ3) is 3.47. The maximum atomic E-state index is 12.8. The first-order valence-corrected chi connectivity index (χ1v) is 7.45. The smallest absolute Gasteiger partial charge is 0.254 e. The summed E-state index contributed by atoms with van der Waals surface area (Å²) in [5.41, 5.74) is 1.77. The van der Waals surface area contributed by atoms with Crippen molar-refractivity contribution in [1.82, 2.24) is 4.90 Å². The average molecular weight is 273 g/mol. The second kappa shape index (κ2) is 6.69. The lowest BCUT2D eigenvalue weighted by Crippen LogP contribution is -2.41. The number of hydrogen-bond donors (Lipinski definition) is 0. The summed E-state index contributed by atoms with van der Waals surface area (Å²) in [6, 6.07) is 7.76. The van der Waals surface area contributed by atoms with E-state index in [9.17, 15) is 9.59 Å². The zero-order valence-electron chi connectivity index (χ0n) is 12.4. The fraction of sp³-hybridized carbons (Fsp3) is 0.529. The standard InChI is InChI=1S/C17H23NO2/c1-13-8-5-6-10-16(13)17(20)18-11-7-3-4-9-15(18)12-14(2)19/h5-6,8,10,15H,3-4,7,9,11-12H2,1-2H3. The molecule has 0 aromatic heterocycles. The third-order valence-electron chi connectivity index (χ3n) is 4.04. The number of ketones is 1. The van der Waals surface area contributed by atoms with Gasteiger partial charge in [0.2, 0.25) is 0 Å². The molecule has 2 rings (SSSR count). The Hall–Kier alpha value is -1.64. The van der Waals surface area contributed by atoms with E-state index in [1.165, 1.54) is 0 Å². The molecule has 0 N–H and O–H groups in total. The molecule has 0 spiro atoms. The van der Waals surface area contributed by atoms with Crippen LogP contribution in [-0.4, -0.2) is 29.2 Å². The fourth-order valence-electron chi connectivity index (χ4n) is 2.96. The first kappa shape index (κ1) is 14.8.